The summed E-state index contributed by atoms with van der Waals surface area (Å²) < 4.78 is 47.0. The van der Waals surface area contributed by atoms with Crippen LogP contribution in [0.25, 0.3) is 0 Å². The van der Waals surface area contributed by atoms with Crippen LogP contribution in [-0.4, -0.2) is 7.11 Å². The Morgan fingerprint density at radius 1 is 0.903 bits per heavy atom. The van der Waals surface area contributed by atoms with Gasteiger partial charge in [0.25, 0.3) is 0 Å². The molecule has 2 saturated carbocycles. The molecule has 162 valence electrons. The number of allylic oxidation sites excluding steroid dienone is 1. The fourth-order valence-corrected chi connectivity index (χ4v) is 5.30. The summed E-state index contributed by atoms with van der Waals surface area (Å²) in [7, 11) is 1.20. The Morgan fingerprint density at radius 2 is 1.61 bits per heavy atom. The quantitative estimate of drug-likeness (QED) is 0.381. The largest absolute Gasteiger partial charge is 0.491 e. The second-order valence-corrected chi connectivity index (χ2v) is 8.80. The van der Waals surface area contributed by atoms with Gasteiger partial charge in [0.2, 0.25) is 0 Å². The van der Waals surface area contributed by atoms with Crippen LogP contribution >= 0.6 is 0 Å². The number of hydrogen-bond acceptors (Lipinski definition) is 1. The van der Waals surface area contributed by atoms with Crippen molar-refractivity contribution in [1.82, 2.24) is 0 Å². The van der Waals surface area contributed by atoms with Gasteiger partial charge in [0.15, 0.2) is 17.4 Å². The molecule has 2 aliphatic rings. The maximum atomic E-state index is 14.7. The molecule has 1 nitrogen and oxygen atoms in total. The molecule has 0 aliphatic heterocycles. The van der Waals surface area contributed by atoms with E-state index in [2.05, 4.69) is 29.2 Å². The van der Waals surface area contributed by atoms with Crippen molar-refractivity contribution in [2.24, 2.45) is 17.8 Å². The first-order valence-corrected chi connectivity index (χ1v) is 11.0. The molecule has 4 atom stereocenters. The number of methoxy groups -OCH3 is 1. The van der Waals surface area contributed by atoms with Crippen LogP contribution in [0.15, 0.2) is 43.0 Å². The fraction of sp³-hybridized carbons (Fsp3) is 0.407. The van der Waals surface area contributed by atoms with E-state index in [4.69, 9.17) is 0 Å². The van der Waals surface area contributed by atoms with Crippen LogP contribution in [0.1, 0.15) is 61.1 Å². The third kappa shape index (κ3) is 4.66. The third-order valence-electron chi connectivity index (χ3n) is 7.00. The van der Waals surface area contributed by atoms with Crippen LogP contribution in [0.4, 0.5) is 13.2 Å². The summed E-state index contributed by atoms with van der Waals surface area (Å²) in [6.45, 7) is 3.96. The summed E-state index contributed by atoms with van der Waals surface area (Å²) in [6.07, 6.45) is 9.19. The molecule has 0 radical (unpaired) electrons. The Morgan fingerprint density at radius 3 is 2.29 bits per heavy atom. The minimum absolute atomic E-state index is 0.132. The van der Waals surface area contributed by atoms with Gasteiger partial charge in [-0.05, 0) is 92.0 Å². The van der Waals surface area contributed by atoms with Gasteiger partial charge in [0.05, 0.1) is 12.7 Å². The molecule has 4 heteroatoms. The van der Waals surface area contributed by atoms with Gasteiger partial charge in [0.1, 0.15) is 5.82 Å². The predicted molar refractivity (Wildman–Crippen MR) is 116 cm³/mol. The van der Waals surface area contributed by atoms with Crippen molar-refractivity contribution in [2.45, 2.75) is 44.4 Å². The first kappa shape index (κ1) is 21.6. The highest BCUT2D eigenvalue weighted by Crippen LogP contribution is 2.47. The molecule has 0 saturated heterocycles. The molecule has 4 rings (SSSR count). The number of halogens is 3. The van der Waals surface area contributed by atoms with E-state index < -0.39 is 23.2 Å². The van der Waals surface area contributed by atoms with Crippen molar-refractivity contribution in [3.8, 4) is 17.6 Å². The minimum atomic E-state index is -0.833. The first-order valence-electron chi connectivity index (χ1n) is 11.0. The summed E-state index contributed by atoms with van der Waals surface area (Å²) in [5.41, 5.74) is 1.38. The number of rotatable bonds is 3. The molecule has 0 spiro atoms. The van der Waals surface area contributed by atoms with E-state index in [1.54, 1.807) is 12.1 Å². The van der Waals surface area contributed by atoms with Crippen molar-refractivity contribution < 1.29 is 17.9 Å². The van der Waals surface area contributed by atoms with E-state index in [9.17, 15) is 13.2 Å². The van der Waals surface area contributed by atoms with Crippen LogP contribution in [0, 0.1) is 47.0 Å². The molecule has 0 heterocycles. The van der Waals surface area contributed by atoms with E-state index in [0.29, 0.717) is 11.8 Å². The lowest BCUT2D eigenvalue weighted by atomic mass is 9.64. The molecule has 0 aromatic heterocycles. The van der Waals surface area contributed by atoms with Crippen LogP contribution < -0.4 is 4.74 Å². The molecular formula is C27H27F3O. The van der Waals surface area contributed by atoms with Crippen LogP contribution in [-0.2, 0) is 0 Å². The van der Waals surface area contributed by atoms with Gasteiger partial charge in [-0.25, -0.2) is 13.2 Å². The highest BCUT2D eigenvalue weighted by molar-refractivity contribution is 5.46. The van der Waals surface area contributed by atoms with E-state index in [1.165, 1.54) is 32.8 Å². The van der Waals surface area contributed by atoms with E-state index in [1.807, 2.05) is 6.07 Å². The van der Waals surface area contributed by atoms with Gasteiger partial charge in [0, 0.05) is 5.56 Å². The SMILES string of the molecule is C=CC1CCC2CC(c3ccc(C#Cc4cc(F)c(OC)c(F)c4)c(F)c3)CCC2C1. The number of hydrogen-bond donors (Lipinski definition) is 0. The standard InChI is InChI=1S/C27H27F3O/c1-3-17-4-7-21-15-22(11-10-20(21)12-17)23-9-8-19(24(28)16-23)6-5-18-13-25(29)27(31-2)26(30)14-18/h3,8-9,13-14,16-17,20-22H,1,4,7,10-12,15H2,2H3. The van der Waals surface area contributed by atoms with Crippen molar-refractivity contribution >= 4 is 0 Å². The average Bonchev–Trinajstić information content (AvgIpc) is 2.77. The minimum Gasteiger partial charge on any atom is -0.491 e. The molecule has 0 N–H and O–H groups in total. The monoisotopic (exact) mass is 424 g/mol. The molecule has 2 aliphatic carbocycles. The Labute approximate surface area is 182 Å². The molecule has 2 aromatic carbocycles. The maximum Gasteiger partial charge on any atom is 0.190 e. The Kier molecular flexibility index (Phi) is 6.41. The normalized spacial score (nSPS) is 25.2. The molecule has 0 bridgehead atoms. The Bertz CT molecular complexity index is 1010. The van der Waals surface area contributed by atoms with Crippen LogP contribution in [0.3, 0.4) is 0 Å². The molecule has 2 aromatic rings. The second kappa shape index (κ2) is 9.22. The van der Waals surface area contributed by atoms with Crippen molar-refractivity contribution in [2.75, 3.05) is 7.11 Å². The summed E-state index contributed by atoms with van der Waals surface area (Å²) in [5.74, 6) is 5.36. The van der Waals surface area contributed by atoms with Gasteiger partial charge in [-0.3, -0.25) is 0 Å². The Hall–Kier alpha value is -2.67. The lowest BCUT2D eigenvalue weighted by Gasteiger charge is -2.41. The van der Waals surface area contributed by atoms with E-state index in [0.717, 1.165) is 42.4 Å². The number of fused-ring (bicyclic) bond motifs is 1. The number of ether oxygens (including phenoxy) is 1. The molecule has 4 unspecified atom stereocenters. The van der Waals surface area contributed by atoms with Gasteiger partial charge < -0.3 is 4.74 Å². The zero-order valence-electron chi connectivity index (χ0n) is 17.8. The van der Waals surface area contributed by atoms with Crippen molar-refractivity contribution in [3.05, 3.63) is 77.1 Å². The zero-order valence-corrected chi connectivity index (χ0v) is 17.8. The summed E-state index contributed by atoms with van der Waals surface area (Å²) in [5, 5.41) is 0. The lowest BCUT2D eigenvalue weighted by Crippen LogP contribution is -2.30. The van der Waals surface area contributed by atoms with Crippen molar-refractivity contribution in [3.63, 3.8) is 0 Å². The van der Waals surface area contributed by atoms with Gasteiger partial charge in [-0.2, -0.15) is 0 Å². The Balaban J connectivity index is 1.47. The summed E-state index contributed by atoms with van der Waals surface area (Å²) >= 11 is 0. The van der Waals surface area contributed by atoms with Gasteiger partial charge in [-0.1, -0.05) is 24.0 Å². The molecular weight excluding hydrogens is 397 g/mol. The lowest BCUT2D eigenvalue weighted by molar-refractivity contribution is 0.133. The molecule has 0 amide bonds. The van der Waals surface area contributed by atoms with E-state index >= 15 is 0 Å². The fourth-order valence-electron chi connectivity index (χ4n) is 5.30. The first-order chi connectivity index (χ1) is 15.0. The summed E-state index contributed by atoms with van der Waals surface area (Å²) in [4.78, 5) is 0. The predicted octanol–water partition coefficient (Wildman–Crippen LogP) is 7.00. The van der Waals surface area contributed by atoms with Crippen LogP contribution in [0.2, 0.25) is 0 Å². The molecule has 2 fully saturated rings. The molecule has 31 heavy (non-hydrogen) atoms. The zero-order chi connectivity index (χ0) is 22.0. The topological polar surface area (TPSA) is 9.23 Å². The third-order valence-corrected chi connectivity index (χ3v) is 7.00. The van der Waals surface area contributed by atoms with Crippen molar-refractivity contribution in [1.29, 1.82) is 0 Å². The highest BCUT2D eigenvalue weighted by Gasteiger charge is 2.35. The average molecular weight is 425 g/mol. The maximum absolute atomic E-state index is 14.7. The highest BCUT2D eigenvalue weighted by atomic mass is 19.1. The summed E-state index contributed by atoms with van der Waals surface area (Å²) in [6, 6.07) is 7.37. The van der Waals surface area contributed by atoms with Crippen LogP contribution in [0.5, 0.6) is 5.75 Å². The van der Waals surface area contributed by atoms with Gasteiger partial charge >= 0.3 is 0 Å². The number of benzene rings is 2. The smallest absolute Gasteiger partial charge is 0.190 e. The second-order valence-electron chi connectivity index (χ2n) is 8.80. The van der Waals surface area contributed by atoms with E-state index in [-0.39, 0.29) is 11.1 Å². The van der Waals surface area contributed by atoms with Gasteiger partial charge in [-0.15, -0.1) is 6.58 Å².